The molecule has 1 aromatic carbocycles. The van der Waals surface area contributed by atoms with E-state index in [1.54, 1.807) is 12.1 Å². The predicted molar refractivity (Wildman–Crippen MR) is 70.1 cm³/mol. The molecule has 0 saturated heterocycles. The lowest BCUT2D eigenvalue weighted by Gasteiger charge is -2.05. The molecule has 1 fully saturated rings. The van der Waals surface area contributed by atoms with Gasteiger partial charge in [0, 0.05) is 24.2 Å². The largest absolute Gasteiger partial charge is 0.440 e. The number of aromatic nitrogens is 1. The van der Waals surface area contributed by atoms with Gasteiger partial charge >= 0.3 is 6.03 Å². The van der Waals surface area contributed by atoms with Gasteiger partial charge in [0.15, 0.2) is 11.5 Å². The highest BCUT2D eigenvalue weighted by Gasteiger charge is 2.28. The van der Waals surface area contributed by atoms with Crippen molar-refractivity contribution in [3.63, 3.8) is 0 Å². The summed E-state index contributed by atoms with van der Waals surface area (Å²) in [7, 11) is 0. The number of benzene rings is 1. The van der Waals surface area contributed by atoms with Crippen molar-refractivity contribution in [1.29, 1.82) is 0 Å². The van der Waals surface area contributed by atoms with Crippen LogP contribution in [0.25, 0.3) is 11.1 Å². The molecule has 1 saturated carbocycles. The van der Waals surface area contributed by atoms with Gasteiger partial charge < -0.3 is 20.2 Å². The van der Waals surface area contributed by atoms with Crippen LogP contribution in [0.4, 0.5) is 10.5 Å². The summed E-state index contributed by atoms with van der Waals surface area (Å²) in [6.45, 7) is 0.140. The standard InChI is InChI=1S/C13H15N3O3/c17-6-5-14-13(18)15-9-3-4-10-11(7-9)19-12(16-10)8-1-2-8/h3-4,7-8,17H,1-2,5-6H2,(H2,14,15,18). The molecule has 100 valence electrons. The van der Waals surface area contributed by atoms with Crippen LogP contribution in [0.2, 0.25) is 0 Å². The average Bonchev–Trinajstić information content (AvgIpc) is 3.16. The number of fused-ring (bicyclic) bond motifs is 1. The Morgan fingerprint density at radius 1 is 1.47 bits per heavy atom. The molecular formula is C13H15N3O3. The van der Waals surface area contributed by atoms with E-state index in [1.165, 1.54) is 0 Å². The van der Waals surface area contributed by atoms with Gasteiger partial charge in [0.1, 0.15) is 5.52 Å². The molecule has 2 amide bonds. The lowest BCUT2D eigenvalue weighted by Crippen LogP contribution is -2.30. The molecule has 3 N–H and O–H groups in total. The maximum Gasteiger partial charge on any atom is 0.319 e. The van der Waals surface area contributed by atoms with Gasteiger partial charge in [-0.2, -0.15) is 0 Å². The Balaban J connectivity index is 1.75. The van der Waals surface area contributed by atoms with Crippen molar-refractivity contribution in [3.8, 4) is 0 Å². The first kappa shape index (κ1) is 12.0. The quantitative estimate of drug-likeness (QED) is 0.783. The second-order valence-corrected chi connectivity index (χ2v) is 4.61. The molecule has 3 rings (SSSR count). The molecule has 1 aliphatic rings. The van der Waals surface area contributed by atoms with E-state index >= 15 is 0 Å². The third kappa shape index (κ3) is 2.68. The van der Waals surface area contributed by atoms with Gasteiger partial charge in [0.2, 0.25) is 0 Å². The summed E-state index contributed by atoms with van der Waals surface area (Å²) in [5.41, 5.74) is 2.13. The monoisotopic (exact) mass is 261 g/mol. The van der Waals surface area contributed by atoms with Crippen LogP contribution in [0.15, 0.2) is 22.6 Å². The van der Waals surface area contributed by atoms with E-state index in [4.69, 9.17) is 9.52 Å². The highest BCUT2D eigenvalue weighted by molar-refractivity contribution is 5.91. The highest BCUT2D eigenvalue weighted by Crippen LogP contribution is 2.40. The van der Waals surface area contributed by atoms with Crippen molar-refractivity contribution in [2.24, 2.45) is 0 Å². The number of hydrogen-bond donors (Lipinski definition) is 3. The number of oxazole rings is 1. The molecule has 6 heteroatoms. The fourth-order valence-corrected chi connectivity index (χ4v) is 1.87. The summed E-state index contributed by atoms with van der Waals surface area (Å²) in [5.74, 6) is 1.26. The number of rotatable bonds is 4. The van der Waals surface area contributed by atoms with Crippen LogP contribution in [-0.4, -0.2) is 29.3 Å². The maximum absolute atomic E-state index is 11.5. The number of anilines is 1. The summed E-state index contributed by atoms with van der Waals surface area (Å²) in [6.07, 6.45) is 2.28. The van der Waals surface area contributed by atoms with Crippen LogP contribution in [-0.2, 0) is 0 Å². The van der Waals surface area contributed by atoms with E-state index in [0.717, 1.165) is 24.2 Å². The van der Waals surface area contributed by atoms with Crippen LogP contribution >= 0.6 is 0 Å². The number of aliphatic hydroxyl groups is 1. The molecule has 2 aromatic rings. The highest BCUT2D eigenvalue weighted by atomic mass is 16.3. The Morgan fingerprint density at radius 3 is 3.05 bits per heavy atom. The van der Waals surface area contributed by atoms with Crippen molar-refractivity contribution in [3.05, 3.63) is 24.1 Å². The fraction of sp³-hybridized carbons (Fsp3) is 0.385. The van der Waals surface area contributed by atoms with Gasteiger partial charge in [-0.15, -0.1) is 0 Å². The number of carbonyl (C=O) groups excluding carboxylic acids is 1. The zero-order chi connectivity index (χ0) is 13.2. The summed E-state index contributed by atoms with van der Waals surface area (Å²) in [5, 5.41) is 13.8. The van der Waals surface area contributed by atoms with Gasteiger partial charge in [-0.05, 0) is 25.0 Å². The van der Waals surface area contributed by atoms with E-state index in [1.807, 2.05) is 6.07 Å². The van der Waals surface area contributed by atoms with Crippen LogP contribution in [0, 0.1) is 0 Å². The third-order valence-corrected chi connectivity index (χ3v) is 2.99. The zero-order valence-electron chi connectivity index (χ0n) is 10.3. The zero-order valence-corrected chi connectivity index (χ0v) is 10.3. The van der Waals surface area contributed by atoms with Crippen LogP contribution in [0.3, 0.4) is 0 Å². The minimum atomic E-state index is -0.352. The smallest absolute Gasteiger partial charge is 0.319 e. The molecule has 0 atom stereocenters. The third-order valence-electron chi connectivity index (χ3n) is 2.99. The van der Waals surface area contributed by atoms with Crippen molar-refractivity contribution in [2.75, 3.05) is 18.5 Å². The average molecular weight is 261 g/mol. The van der Waals surface area contributed by atoms with Gasteiger partial charge in [-0.3, -0.25) is 0 Å². The minimum Gasteiger partial charge on any atom is -0.440 e. The van der Waals surface area contributed by atoms with E-state index in [-0.39, 0.29) is 19.2 Å². The number of hydrogen-bond acceptors (Lipinski definition) is 4. The van der Waals surface area contributed by atoms with Crippen LogP contribution < -0.4 is 10.6 Å². The first-order valence-corrected chi connectivity index (χ1v) is 6.32. The van der Waals surface area contributed by atoms with E-state index in [9.17, 15) is 4.79 Å². The Hall–Kier alpha value is -2.08. The van der Waals surface area contributed by atoms with Gasteiger partial charge in [-0.25, -0.2) is 9.78 Å². The predicted octanol–water partition coefficient (Wildman–Crippen LogP) is 1.82. The van der Waals surface area contributed by atoms with Gasteiger partial charge in [0.25, 0.3) is 0 Å². The normalized spacial score (nSPS) is 14.6. The second kappa shape index (κ2) is 4.89. The molecule has 1 heterocycles. The summed E-state index contributed by atoms with van der Waals surface area (Å²) in [6, 6.07) is 5.01. The molecule has 1 aliphatic carbocycles. The van der Waals surface area contributed by atoms with E-state index in [2.05, 4.69) is 15.6 Å². The molecule has 0 unspecified atom stereocenters. The van der Waals surface area contributed by atoms with E-state index < -0.39 is 0 Å². The van der Waals surface area contributed by atoms with Crippen molar-refractivity contribution in [1.82, 2.24) is 10.3 Å². The van der Waals surface area contributed by atoms with Crippen molar-refractivity contribution >= 4 is 22.8 Å². The molecule has 0 bridgehead atoms. The lowest BCUT2D eigenvalue weighted by atomic mass is 10.3. The molecular weight excluding hydrogens is 246 g/mol. The SMILES string of the molecule is O=C(NCCO)Nc1ccc2nc(C3CC3)oc2c1. The van der Waals surface area contributed by atoms with Crippen molar-refractivity contribution in [2.45, 2.75) is 18.8 Å². The second-order valence-electron chi connectivity index (χ2n) is 4.61. The lowest BCUT2D eigenvalue weighted by molar-refractivity contribution is 0.245. The topological polar surface area (TPSA) is 87.4 Å². The first-order valence-electron chi connectivity index (χ1n) is 6.32. The van der Waals surface area contributed by atoms with Crippen LogP contribution in [0.5, 0.6) is 0 Å². The summed E-state index contributed by atoms with van der Waals surface area (Å²) in [4.78, 5) is 15.9. The Bertz CT molecular complexity index is 604. The number of nitrogens with zero attached hydrogens (tertiary/aromatic N) is 1. The molecule has 0 spiro atoms. The molecule has 6 nitrogen and oxygen atoms in total. The van der Waals surface area contributed by atoms with Gasteiger partial charge in [0.05, 0.1) is 6.61 Å². The number of amides is 2. The summed E-state index contributed by atoms with van der Waals surface area (Å²) >= 11 is 0. The van der Waals surface area contributed by atoms with Crippen LogP contribution in [0.1, 0.15) is 24.7 Å². The van der Waals surface area contributed by atoms with Crippen molar-refractivity contribution < 1.29 is 14.3 Å². The number of nitrogens with one attached hydrogen (secondary N) is 2. The Kier molecular flexibility index (Phi) is 3.08. The maximum atomic E-state index is 11.5. The molecule has 0 radical (unpaired) electrons. The number of carbonyl (C=O) groups is 1. The van der Waals surface area contributed by atoms with Gasteiger partial charge in [-0.1, -0.05) is 0 Å². The summed E-state index contributed by atoms with van der Waals surface area (Å²) < 4.78 is 5.67. The Labute approximate surface area is 109 Å². The molecule has 1 aromatic heterocycles. The molecule has 19 heavy (non-hydrogen) atoms. The Morgan fingerprint density at radius 2 is 2.32 bits per heavy atom. The number of urea groups is 1. The first-order chi connectivity index (χ1) is 9.26. The molecule has 0 aliphatic heterocycles. The number of aliphatic hydroxyl groups excluding tert-OH is 1. The minimum absolute atomic E-state index is 0.0840. The fourth-order valence-electron chi connectivity index (χ4n) is 1.87. The van der Waals surface area contributed by atoms with E-state index in [0.29, 0.717) is 17.2 Å².